The van der Waals surface area contributed by atoms with Crippen LogP contribution >= 0.6 is 7.82 Å². The van der Waals surface area contributed by atoms with Crippen LogP contribution in [-0.4, -0.2) is 76.9 Å². The molecule has 1 unspecified atom stereocenters. The van der Waals surface area contributed by atoms with Gasteiger partial charge >= 0.3 is 19.8 Å². The molecule has 0 spiro atoms. The summed E-state index contributed by atoms with van der Waals surface area (Å²) < 4.78 is 32.6. The fourth-order valence-electron chi connectivity index (χ4n) is 5.10. The summed E-state index contributed by atoms with van der Waals surface area (Å²) in [6, 6.07) is 0. The van der Waals surface area contributed by atoms with Crippen LogP contribution in [-0.2, 0) is 32.7 Å². The zero-order valence-corrected chi connectivity index (χ0v) is 35.3. The second kappa shape index (κ2) is 39.2. The maximum atomic E-state index is 12.6. The van der Waals surface area contributed by atoms with Crippen molar-refractivity contribution in [2.75, 3.05) is 26.4 Å². The number of carbonyl (C=O) groups excluding carboxylic acids is 2. The lowest BCUT2D eigenvalue weighted by Crippen LogP contribution is -2.29. The molecule has 0 saturated heterocycles. The number of aliphatic hydroxyl groups is 3. The molecule has 0 rings (SSSR count). The van der Waals surface area contributed by atoms with E-state index in [1.807, 2.05) is 36.5 Å². The zero-order valence-electron chi connectivity index (χ0n) is 34.4. The van der Waals surface area contributed by atoms with Gasteiger partial charge in [0.15, 0.2) is 6.10 Å². The van der Waals surface area contributed by atoms with Crippen molar-refractivity contribution in [2.45, 2.75) is 167 Å². The van der Waals surface area contributed by atoms with E-state index < -0.39 is 57.9 Å². The normalized spacial score (nSPS) is 15.2. The fraction of sp³-hybridized carbons (Fsp3) is 0.682. The number of phosphoric ester groups is 1. The molecular weight excluding hydrogens is 735 g/mol. The van der Waals surface area contributed by atoms with Crippen LogP contribution in [0.15, 0.2) is 72.9 Å². The van der Waals surface area contributed by atoms with Crippen molar-refractivity contribution >= 4 is 19.8 Å². The SMILES string of the molecule is CCCCC/C=C\C/C=C\CCCCCCCC(=O)O[C@H](COC(=O)CCC/C=C\C/C=C\C=C\[C@H](O)C/C=C\CCCCC)COP(=O)(O)OC[C@@H](O)CO. The van der Waals surface area contributed by atoms with Crippen LogP contribution in [0.2, 0.25) is 0 Å². The molecule has 4 atom stereocenters. The van der Waals surface area contributed by atoms with Crippen LogP contribution in [0.1, 0.15) is 149 Å². The van der Waals surface area contributed by atoms with Crippen LogP contribution < -0.4 is 0 Å². The minimum Gasteiger partial charge on any atom is -0.462 e. The maximum absolute atomic E-state index is 12.6. The highest BCUT2D eigenvalue weighted by Crippen LogP contribution is 2.43. The summed E-state index contributed by atoms with van der Waals surface area (Å²) in [4.78, 5) is 34.9. The molecule has 0 fully saturated rings. The number of ether oxygens (including phenoxy) is 2. The van der Waals surface area contributed by atoms with E-state index in [2.05, 4.69) is 48.8 Å². The van der Waals surface area contributed by atoms with Gasteiger partial charge in [-0.25, -0.2) is 4.57 Å². The molecule has 0 radical (unpaired) electrons. The largest absolute Gasteiger partial charge is 0.472 e. The molecule has 0 bridgehead atoms. The number of hydrogen-bond donors (Lipinski definition) is 4. The Hall–Kier alpha value is -2.63. The summed E-state index contributed by atoms with van der Waals surface area (Å²) in [5.74, 6) is -1.05. The van der Waals surface area contributed by atoms with Gasteiger partial charge in [0.25, 0.3) is 0 Å². The van der Waals surface area contributed by atoms with Gasteiger partial charge in [0.2, 0.25) is 0 Å². The van der Waals surface area contributed by atoms with E-state index in [0.717, 1.165) is 51.4 Å². The highest BCUT2D eigenvalue weighted by atomic mass is 31.2. The van der Waals surface area contributed by atoms with E-state index in [9.17, 15) is 29.3 Å². The van der Waals surface area contributed by atoms with Gasteiger partial charge in [0.05, 0.1) is 25.9 Å². The van der Waals surface area contributed by atoms with Crippen molar-refractivity contribution < 1.29 is 52.9 Å². The predicted octanol–water partition coefficient (Wildman–Crippen LogP) is 9.86. The van der Waals surface area contributed by atoms with Crippen LogP contribution in [0.3, 0.4) is 0 Å². The zero-order chi connectivity index (χ0) is 41.4. The number of phosphoric acid groups is 1. The van der Waals surface area contributed by atoms with Crippen molar-refractivity contribution in [3.05, 3.63) is 72.9 Å². The first-order chi connectivity index (χ1) is 27.1. The Morgan fingerprint density at radius 1 is 0.607 bits per heavy atom. The monoisotopic (exact) mass is 811 g/mol. The van der Waals surface area contributed by atoms with Gasteiger partial charge in [0.1, 0.15) is 12.7 Å². The summed E-state index contributed by atoms with van der Waals surface area (Å²) in [5, 5.41) is 28.3. The molecule has 0 heterocycles. The van der Waals surface area contributed by atoms with Gasteiger partial charge in [-0.3, -0.25) is 18.6 Å². The van der Waals surface area contributed by atoms with Crippen LogP contribution in [0.25, 0.3) is 0 Å². The molecule has 56 heavy (non-hydrogen) atoms. The lowest BCUT2D eigenvalue weighted by molar-refractivity contribution is -0.161. The van der Waals surface area contributed by atoms with Crippen molar-refractivity contribution in [3.8, 4) is 0 Å². The summed E-state index contributed by atoms with van der Waals surface area (Å²) in [7, 11) is -4.65. The van der Waals surface area contributed by atoms with E-state index in [0.29, 0.717) is 32.1 Å². The molecule has 11 nitrogen and oxygen atoms in total. The molecule has 0 aromatic carbocycles. The molecule has 12 heteroatoms. The lowest BCUT2D eigenvalue weighted by atomic mass is 10.1. The average Bonchev–Trinajstić information content (AvgIpc) is 3.18. The molecular formula is C44H75O11P. The standard InChI is InChI=1S/C44H75O11P/c1-3-5-7-9-11-12-13-14-15-16-17-18-23-27-31-35-44(49)55-42(39-54-56(50,51)53-37-41(47)36-45)38-52-43(48)34-30-26-22-20-19-21-25-29-33-40(46)32-28-24-10-8-6-4-2/h11-12,14-15,20-22,24-25,28-29,33,40-42,45-47H,3-10,13,16-19,23,26-27,30-32,34-39H2,1-2H3,(H,50,51)/b12-11-,15-14-,22-20-,25-21-,28-24-,33-29+/t40-,41+,42-/m1/s1. The third-order valence-corrected chi connectivity index (χ3v) is 9.36. The number of esters is 2. The van der Waals surface area contributed by atoms with E-state index in [-0.39, 0.29) is 19.4 Å². The number of carbonyl (C=O) groups is 2. The summed E-state index contributed by atoms with van der Waals surface area (Å²) in [6.45, 7) is 2.13. The topological polar surface area (TPSA) is 169 Å². The average molecular weight is 811 g/mol. The molecule has 0 aromatic rings. The molecule has 0 aliphatic heterocycles. The molecule has 0 amide bonds. The lowest BCUT2D eigenvalue weighted by Gasteiger charge is -2.20. The maximum Gasteiger partial charge on any atom is 0.472 e. The number of aliphatic hydroxyl groups excluding tert-OH is 3. The number of rotatable bonds is 38. The minimum absolute atomic E-state index is 0.127. The van der Waals surface area contributed by atoms with Gasteiger partial charge in [-0.1, -0.05) is 132 Å². The molecule has 0 saturated carbocycles. The Bertz CT molecular complexity index is 1180. The van der Waals surface area contributed by atoms with Gasteiger partial charge < -0.3 is 29.7 Å². The highest BCUT2D eigenvalue weighted by molar-refractivity contribution is 7.47. The number of unbranched alkanes of at least 4 members (excludes halogenated alkanes) is 12. The quantitative estimate of drug-likeness (QED) is 0.0154. The van der Waals surface area contributed by atoms with Gasteiger partial charge in [-0.2, -0.15) is 0 Å². The van der Waals surface area contributed by atoms with E-state index in [1.165, 1.54) is 38.5 Å². The molecule has 4 N–H and O–H groups in total. The Kier molecular flexibility index (Phi) is 37.4. The highest BCUT2D eigenvalue weighted by Gasteiger charge is 2.27. The smallest absolute Gasteiger partial charge is 0.462 e. The predicted molar refractivity (Wildman–Crippen MR) is 225 cm³/mol. The van der Waals surface area contributed by atoms with E-state index >= 15 is 0 Å². The van der Waals surface area contributed by atoms with Crippen molar-refractivity contribution in [3.63, 3.8) is 0 Å². The summed E-state index contributed by atoms with van der Waals surface area (Å²) >= 11 is 0. The van der Waals surface area contributed by atoms with Crippen LogP contribution in [0, 0.1) is 0 Å². The number of hydrogen-bond acceptors (Lipinski definition) is 10. The van der Waals surface area contributed by atoms with Crippen molar-refractivity contribution in [1.82, 2.24) is 0 Å². The van der Waals surface area contributed by atoms with Crippen LogP contribution in [0.4, 0.5) is 0 Å². The second-order valence-electron chi connectivity index (χ2n) is 13.9. The summed E-state index contributed by atoms with van der Waals surface area (Å²) in [5.41, 5.74) is 0. The summed E-state index contributed by atoms with van der Waals surface area (Å²) in [6.07, 6.45) is 40.4. The van der Waals surface area contributed by atoms with E-state index in [4.69, 9.17) is 19.1 Å². The van der Waals surface area contributed by atoms with Crippen molar-refractivity contribution in [2.24, 2.45) is 0 Å². The third-order valence-electron chi connectivity index (χ3n) is 8.41. The van der Waals surface area contributed by atoms with Gasteiger partial charge in [-0.05, 0) is 77.0 Å². The van der Waals surface area contributed by atoms with Gasteiger partial charge in [-0.15, -0.1) is 0 Å². The second-order valence-corrected chi connectivity index (χ2v) is 15.3. The molecule has 322 valence electrons. The first kappa shape index (κ1) is 53.4. The van der Waals surface area contributed by atoms with E-state index in [1.54, 1.807) is 6.08 Å². The van der Waals surface area contributed by atoms with Crippen LogP contribution in [0.5, 0.6) is 0 Å². The molecule has 0 aliphatic carbocycles. The Balaban J connectivity index is 4.52. The third kappa shape index (κ3) is 38.3. The Morgan fingerprint density at radius 3 is 1.79 bits per heavy atom. The number of allylic oxidation sites excluding steroid dienone is 10. The molecule has 0 aliphatic rings. The van der Waals surface area contributed by atoms with Crippen molar-refractivity contribution in [1.29, 1.82) is 0 Å². The minimum atomic E-state index is -4.65. The Labute approximate surface area is 338 Å². The Morgan fingerprint density at radius 2 is 1.14 bits per heavy atom. The molecule has 0 aromatic heterocycles. The fourth-order valence-corrected chi connectivity index (χ4v) is 5.89. The van der Waals surface area contributed by atoms with Gasteiger partial charge in [0, 0.05) is 12.8 Å². The first-order valence-electron chi connectivity index (χ1n) is 21.0. The first-order valence-corrected chi connectivity index (χ1v) is 22.5.